The molecule has 1 heterocycles. The maximum Gasteiger partial charge on any atom is 0.573 e. The Balaban J connectivity index is 1.69. The Hall–Kier alpha value is -3.08. The molecule has 0 amide bonds. The molecule has 0 fully saturated rings. The highest BCUT2D eigenvalue weighted by Crippen LogP contribution is 2.25. The zero-order chi connectivity index (χ0) is 20.4. The number of alkyl halides is 3. The number of aromatic nitrogens is 2. The minimum atomic E-state index is -4.79. The third-order valence-corrected chi connectivity index (χ3v) is 4.86. The summed E-state index contributed by atoms with van der Waals surface area (Å²) >= 11 is 0. The van der Waals surface area contributed by atoms with Crippen molar-refractivity contribution in [2.24, 2.45) is 0 Å². The molecule has 3 aromatic rings. The second-order valence-electron chi connectivity index (χ2n) is 5.82. The van der Waals surface area contributed by atoms with Gasteiger partial charge in [0.25, 0.3) is 0 Å². The smallest absolute Gasteiger partial charge is 0.406 e. The second-order valence-corrected chi connectivity index (χ2v) is 7.69. The van der Waals surface area contributed by atoms with E-state index in [4.69, 9.17) is 4.42 Å². The summed E-state index contributed by atoms with van der Waals surface area (Å²) in [4.78, 5) is 0. The highest BCUT2D eigenvalue weighted by molar-refractivity contribution is 7.90. The van der Waals surface area contributed by atoms with Crippen LogP contribution in [0.15, 0.2) is 58.2 Å². The molecule has 28 heavy (non-hydrogen) atoms. The molecule has 0 aliphatic carbocycles. The van der Waals surface area contributed by atoms with E-state index in [-0.39, 0.29) is 11.8 Å². The van der Waals surface area contributed by atoms with Crippen LogP contribution in [0, 0.1) is 6.92 Å². The van der Waals surface area contributed by atoms with Gasteiger partial charge >= 0.3 is 17.6 Å². The minimum Gasteiger partial charge on any atom is -0.406 e. The molecule has 7 nitrogen and oxygen atoms in total. The number of nitrogens with one attached hydrogen (secondary N) is 1. The first-order chi connectivity index (χ1) is 13.1. The minimum absolute atomic E-state index is 0.215. The number of anilines is 2. The van der Waals surface area contributed by atoms with Crippen LogP contribution in [0.2, 0.25) is 0 Å². The summed E-state index contributed by atoms with van der Waals surface area (Å²) in [6.07, 6.45) is -4.79. The Morgan fingerprint density at radius 1 is 1.11 bits per heavy atom. The van der Waals surface area contributed by atoms with E-state index in [1.165, 1.54) is 12.1 Å². The molecule has 1 aromatic heterocycles. The fraction of sp³-hybridized carbons (Fsp3) is 0.176. The largest absolute Gasteiger partial charge is 0.573 e. The Labute approximate surface area is 158 Å². The van der Waals surface area contributed by atoms with Gasteiger partial charge in [0.1, 0.15) is 5.75 Å². The van der Waals surface area contributed by atoms with Crippen molar-refractivity contribution in [2.75, 3.05) is 5.32 Å². The normalized spacial score (nSPS) is 12.0. The first kappa shape index (κ1) is 19.7. The fourth-order valence-electron chi connectivity index (χ4n) is 2.33. The van der Waals surface area contributed by atoms with Crippen molar-refractivity contribution in [3.05, 3.63) is 59.7 Å². The summed E-state index contributed by atoms with van der Waals surface area (Å²) in [6.45, 7) is 1.84. The van der Waals surface area contributed by atoms with E-state index < -0.39 is 27.2 Å². The van der Waals surface area contributed by atoms with Crippen LogP contribution in [0.1, 0.15) is 11.1 Å². The summed E-state index contributed by atoms with van der Waals surface area (Å²) in [6, 6.07) is 11.5. The van der Waals surface area contributed by atoms with Crippen LogP contribution in [0.4, 0.5) is 24.9 Å². The van der Waals surface area contributed by atoms with Crippen molar-refractivity contribution in [2.45, 2.75) is 24.3 Å². The van der Waals surface area contributed by atoms with Gasteiger partial charge in [-0.25, -0.2) is 8.42 Å². The van der Waals surface area contributed by atoms with Crippen molar-refractivity contribution in [1.82, 2.24) is 10.2 Å². The van der Waals surface area contributed by atoms with Crippen molar-refractivity contribution < 1.29 is 30.7 Å². The Kier molecular flexibility index (Phi) is 5.27. The predicted molar refractivity (Wildman–Crippen MR) is 92.8 cm³/mol. The van der Waals surface area contributed by atoms with Crippen LogP contribution >= 0.6 is 0 Å². The summed E-state index contributed by atoms with van der Waals surface area (Å²) in [7, 11) is -3.85. The lowest BCUT2D eigenvalue weighted by Gasteiger charge is -2.09. The molecular weight excluding hydrogens is 399 g/mol. The van der Waals surface area contributed by atoms with E-state index in [2.05, 4.69) is 20.3 Å². The van der Waals surface area contributed by atoms with Gasteiger partial charge in [-0.05, 0) is 36.8 Å². The highest BCUT2D eigenvalue weighted by atomic mass is 32.2. The van der Waals surface area contributed by atoms with Gasteiger partial charge < -0.3 is 14.5 Å². The topological polar surface area (TPSA) is 94.3 Å². The lowest BCUT2D eigenvalue weighted by atomic mass is 10.2. The van der Waals surface area contributed by atoms with Crippen molar-refractivity contribution >= 4 is 21.5 Å². The quantitative estimate of drug-likeness (QED) is 0.653. The van der Waals surface area contributed by atoms with E-state index in [0.717, 1.165) is 17.7 Å². The monoisotopic (exact) mass is 413 g/mol. The molecule has 148 valence electrons. The molecule has 0 radical (unpaired) electrons. The number of sulfone groups is 1. The summed E-state index contributed by atoms with van der Waals surface area (Å²) in [5.74, 6) is -0.704. The first-order valence-electron chi connectivity index (χ1n) is 7.85. The predicted octanol–water partition coefficient (Wildman–Crippen LogP) is 3.99. The van der Waals surface area contributed by atoms with Gasteiger partial charge in [-0.1, -0.05) is 40.0 Å². The number of ether oxygens (including phenoxy) is 1. The Morgan fingerprint density at radius 2 is 1.82 bits per heavy atom. The van der Waals surface area contributed by atoms with Crippen LogP contribution in [0.5, 0.6) is 5.75 Å². The molecule has 0 aliphatic heterocycles. The molecule has 0 saturated carbocycles. The van der Waals surface area contributed by atoms with Crippen LogP contribution in [0.3, 0.4) is 0 Å². The summed E-state index contributed by atoms with van der Waals surface area (Å²) in [5.41, 5.74) is 1.80. The molecule has 0 aliphatic rings. The number of aryl methyl sites for hydroxylation is 1. The fourth-order valence-corrected chi connectivity index (χ4v) is 3.45. The maximum absolute atomic E-state index is 12.4. The highest BCUT2D eigenvalue weighted by Gasteiger charge is 2.31. The molecule has 1 N–H and O–H groups in total. The molecule has 3 rings (SSSR count). The molecule has 0 saturated heterocycles. The van der Waals surface area contributed by atoms with Crippen LogP contribution in [-0.2, 0) is 15.6 Å². The van der Waals surface area contributed by atoms with E-state index in [1.807, 2.05) is 13.0 Å². The van der Waals surface area contributed by atoms with Crippen molar-refractivity contribution in [3.63, 3.8) is 0 Å². The number of rotatable bonds is 6. The molecule has 2 aromatic carbocycles. The average Bonchev–Trinajstić information content (AvgIpc) is 3.04. The number of hydrogen-bond acceptors (Lipinski definition) is 7. The van der Waals surface area contributed by atoms with Crippen LogP contribution < -0.4 is 10.1 Å². The SMILES string of the molecule is Cc1cccc(CS(=O)(=O)c2nnc(Nc3ccc(OC(F)(F)F)cc3)o2)c1. The lowest BCUT2D eigenvalue weighted by Crippen LogP contribution is -2.16. The van der Waals surface area contributed by atoms with Gasteiger partial charge in [-0.15, -0.1) is 13.2 Å². The lowest BCUT2D eigenvalue weighted by molar-refractivity contribution is -0.274. The van der Waals surface area contributed by atoms with E-state index in [9.17, 15) is 21.6 Å². The number of benzene rings is 2. The van der Waals surface area contributed by atoms with E-state index in [0.29, 0.717) is 11.3 Å². The van der Waals surface area contributed by atoms with Crippen LogP contribution in [0.25, 0.3) is 0 Å². The Bertz CT molecular complexity index is 1060. The number of hydrogen-bond donors (Lipinski definition) is 1. The van der Waals surface area contributed by atoms with Crippen molar-refractivity contribution in [1.29, 1.82) is 0 Å². The molecule has 0 unspecified atom stereocenters. The second kappa shape index (κ2) is 7.50. The van der Waals surface area contributed by atoms with E-state index in [1.54, 1.807) is 18.2 Å². The maximum atomic E-state index is 12.4. The van der Waals surface area contributed by atoms with E-state index >= 15 is 0 Å². The third kappa shape index (κ3) is 5.22. The van der Waals surface area contributed by atoms with Gasteiger partial charge in [0.05, 0.1) is 5.75 Å². The number of nitrogens with zero attached hydrogens (tertiary/aromatic N) is 2. The molecular formula is C17H14F3N3O4S. The van der Waals surface area contributed by atoms with Gasteiger partial charge in [0.15, 0.2) is 0 Å². The molecule has 0 atom stereocenters. The van der Waals surface area contributed by atoms with Gasteiger partial charge in [-0.3, -0.25) is 0 Å². The van der Waals surface area contributed by atoms with Gasteiger partial charge in [-0.2, -0.15) is 0 Å². The first-order valence-corrected chi connectivity index (χ1v) is 9.51. The third-order valence-electron chi connectivity index (χ3n) is 3.45. The molecule has 11 heteroatoms. The molecule has 0 bridgehead atoms. The summed E-state index contributed by atoms with van der Waals surface area (Å²) < 4.78 is 70.2. The van der Waals surface area contributed by atoms with Gasteiger partial charge in [0, 0.05) is 5.69 Å². The molecule has 0 spiro atoms. The Morgan fingerprint density at radius 3 is 2.46 bits per heavy atom. The standard InChI is InChI=1S/C17H14F3N3O4S/c1-11-3-2-4-12(9-11)10-28(24,25)16-23-22-15(26-16)21-13-5-7-14(8-6-13)27-17(18,19)20/h2-9H,10H2,1H3,(H,21,22). The zero-order valence-electron chi connectivity index (χ0n) is 14.4. The summed E-state index contributed by atoms with van der Waals surface area (Å²) in [5, 5.41) is 9.19. The van der Waals surface area contributed by atoms with Crippen molar-refractivity contribution in [3.8, 4) is 5.75 Å². The van der Waals surface area contributed by atoms with Crippen LogP contribution in [-0.4, -0.2) is 25.0 Å². The number of halogens is 3. The average molecular weight is 413 g/mol. The van der Waals surface area contributed by atoms with Gasteiger partial charge in [0.2, 0.25) is 9.84 Å². The zero-order valence-corrected chi connectivity index (χ0v) is 15.2.